The maximum atomic E-state index is 14.1. The first-order valence-electron chi connectivity index (χ1n) is 9.61. The van der Waals surface area contributed by atoms with Crippen LogP contribution in [-0.2, 0) is 17.5 Å². The minimum Gasteiger partial charge on any atom is -0.319 e. The number of hydrogen-bond donors (Lipinski definition) is 1. The van der Waals surface area contributed by atoms with Gasteiger partial charge in [0.25, 0.3) is 0 Å². The SMILES string of the molecule is Cc1nn(CC(=O)Nc2c(F)c(F)c(C(F)(F)F)c(F)c2F)c2nccc(-c3ccccc3)c12. The lowest BCUT2D eigenvalue weighted by atomic mass is 10.0. The van der Waals surface area contributed by atoms with Crippen LogP contribution in [0.2, 0.25) is 0 Å². The molecule has 0 saturated heterocycles. The van der Waals surface area contributed by atoms with Gasteiger partial charge < -0.3 is 5.32 Å². The number of hydrogen-bond acceptors (Lipinski definition) is 3. The maximum Gasteiger partial charge on any atom is 0.422 e. The van der Waals surface area contributed by atoms with Gasteiger partial charge in [-0.3, -0.25) is 4.79 Å². The smallest absolute Gasteiger partial charge is 0.319 e. The van der Waals surface area contributed by atoms with Gasteiger partial charge in [0.1, 0.15) is 17.8 Å². The van der Waals surface area contributed by atoms with Crippen LogP contribution in [0.5, 0.6) is 0 Å². The molecule has 0 fully saturated rings. The Kier molecular flexibility index (Phi) is 5.75. The summed E-state index contributed by atoms with van der Waals surface area (Å²) in [6.45, 7) is 0.948. The topological polar surface area (TPSA) is 59.8 Å². The number of anilines is 1. The van der Waals surface area contributed by atoms with Gasteiger partial charge in [-0.2, -0.15) is 18.3 Å². The Bertz CT molecular complexity index is 1390. The summed E-state index contributed by atoms with van der Waals surface area (Å²) in [5, 5.41) is 6.36. The highest BCUT2D eigenvalue weighted by atomic mass is 19.4. The van der Waals surface area contributed by atoms with Crippen molar-refractivity contribution in [3.8, 4) is 11.1 Å². The monoisotopic (exact) mass is 482 g/mol. The molecule has 12 heteroatoms. The number of carbonyl (C=O) groups excluding carboxylic acids is 1. The third-order valence-electron chi connectivity index (χ3n) is 5.00. The summed E-state index contributed by atoms with van der Waals surface area (Å²) < 4.78 is 95.1. The summed E-state index contributed by atoms with van der Waals surface area (Å²) in [4.78, 5) is 16.6. The molecule has 0 bridgehead atoms. The molecule has 5 nitrogen and oxygen atoms in total. The van der Waals surface area contributed by atoms with E-state index in [2.05, 4.69) is 10.1 Å². The number of rotatable bonds is 4. The molecule has 34 heavy (non-hydrogen) atoms. The van der Waals surface area contributed by atoms with Crippen LogP contribution < -0.4 is 5.32 Å². The minimum absolute atomic E-state index is 0.236. The average molecular weight is 482 g/mol. The van der Waals surface area contributed by atoms with Crippen molar-refractivity contribution in [2.45, 2.75) is 19.6 Å². The standard InChI is InChI=1S/C22H13F7N4O/c1-10-14-12(11-5-3-2-4-6-11)7-8-30-21(14)33(32-10)9-13(34)31-20-18(25)16(23)15(22(27,28)29)17(24)19(20)26/h2-8H,9H2,1H3,(H,31,34). The second-order valence-corrected chi connectivity index (χ2v) is 7.22. The Morgan fingerprint density at radius 3 is 2.18 bits per heavy atom. The number of carbonyl (C=O) groups is 1. The lowest BCUT2D eigenvalue weighted by Crippen LogP contribution is -2.23. The van der Waals surface area contributed by atoms with Crippen molar-refractivity contribution < 1.29 is 35.5 Å². The molecule has 0 aliphatic heterocycles. The van der Waals surface area contributed by atoms with Crippen LogP contribution in [0, 0.1) is 30.2 Å². The van der Waals surface area contributed by atoms with E-state index in [1.54, 1.807) is 18.3 Å². The molecule has 1 amide bonds. The first kappa shape index (κ1) is 23.2. The fourth-order valence-electron chi connectivity index (χ4n) is 3.56. The van der Waals surface area contributed by atoms with E-state index >= 15 is 0 Å². The van der Waals surface area contributed by atoms with E-state index in [4.69, 9.17) is 0 Å². The molecule has 176 valence electrons. The van der Waals surface area contributed by atoms with Gasteiger partial charge in [0.2, 0.25) is 5.91 Å². The predicted octanol–water partition coefficient (Wildman–Crippen LogP) is 5.62. The highest BCUT2D eigenvalue weighted by Crippen LogP contribution is 2.38. The fraction of sp³-hybridized carbons (Fsp3) is 0.136. The molecule has 0 spiro atoms. The molecule has 0 saturated carbocycles. The summed E-state index contributed by atoms with van der Waals surface area (Å²) in [7, 11) is 0. The third kappa shape index (κ3) is 3.95. The molecule has 0 aliphatic rings. The summed E-state index contributed by atoms with van der Waals surface area (Å²) in [5.41, 5.74) is -2.12. The first-order chi connectivity index (χ1) is 16.0. The van der Waals surface area contributed by atoms with Gasteiger partial charge in [-0.05, 0) is 24.1 Å². The zero-order valence-corrected chi connectivity index (χ0v) is 17.1. The van der Waals surface area contributed by atoms with E-state index < -0.39 is 53.1 Å². The minimum atomic E-state index is -5.69. The Labute approximate surface area is 186 Å². The number of alkyl halides is 3. The van der Waals surface area contributed by atoms with Crippen LogP contribution in [-0.4, -0.2) is 20.7 Å². The van der Waals surface area contributed by atoms with Gasteiger partial charge in [-0.1, -0.05) is 30.3 Å². The number of benzene rings is 2. The summed E-state index contributed by atoms with van der Waals surface area (Å²) >= 11 is 0. The van der Waals surface area contributed by atoms with Crippen molar-refractivity contribution in [2.24, 2.45) is 0 Å². The van der Waals surface area contributed by atoms with Gasteiger partial charge in [0, 0.05) is 11.6 Å². The number of nitrogens with one attached hydrogen (secondary N) is 1. The number of fused-ring (bicyclic) bond motifs is 1. The van der Waals surface area contributed by atoms with Gasteiger partial charge in [0.15, 0.2) is 28.9 Å². The molecular formula is C22H13F7N4O. The molecule has 0 aliphatic carbocycles. The van der Waals surface area contributed by atoms with Gasteiger partial charge >= 0.3 is 6.18 Å². The number of aromatic nitrogens is 3. The lowest BCUT2D eigenvalue weighted by Gasteiger charge is -2.14. The van der Waals surface area contributed by atoms with Crippen molar-refractivity contribution in [3.05, 3.63) is 77.1 Å². The number of aryl methyl sites for hydroxylation is 1. The second-order valence-electron chi connectivity index (χ2n) is 7.22. The van der Waals surface area contributed by atoms with Crippen molar-refractivity contribution in [1.82, 2.24) is 14.8 Å². The molecule has 0 atom stereocenters. The van der Waals surface area contributed by atoms with E-state index in [1.807, 2.05) is 30.3 Å². The molecule has 0 unspecified atom stereocenters. The van der Waals surface area contributed by atoms with E-state index in [-0.39, 0.29) is 5.65 Å². The fourth-order valence-corrected chi connectivity index (χ4v) is 3.56. The Balaban J connectivity index is 1.68. The molecule has 2 aromatic carbocycles. The van der Waals surface area contributed by atoms with Crippen LogP contribution in [0.25, 0.3) is 22.2 Å². The zero-order valence-electron chi connectivity index (χ0n) is 17.1. The highest BCUT2D eigenvalue weighted by Gasteiger charge is 2.42. The van der Waals surface area contributed by atoms with E-state index in [0.717, 1.165) is 15.8 Å². The van der Waals surface area contributed by atoms with Crippen molar-refractivity contribution >= 4 is 22.6 Å². The number of halogens is 7. The van der Waals surface area contributed by atoms with Crippen LogP contribution in [0.4, 0.5) is 36.4 Å². The van der Waals surface area contributed by atoms with Gasteiger partial charge in [0.05, 0.1) is 5.69 Å². The van der Waals surface area contributed by atoms with Crippen LogP contribution in [0.3, 0.4) is 0 Å². The van der Waals surface area contributed by atoms with Crippen LogP contribution >= 0.6 is 0 Å². The lowest BCUT2D eigenvalue weighted by molar-refractivity contribution is -0.143. The summed E-state index contributed by atoms with van der Waals surface area (Å²) in [6.07, 6.45) is -4.23. The molecule has 4 rings (SSSR count). The molecule has 0 radical (unpaired) electrons. The largest absolute Gasteiger partial charge is 0.422 e. The molecule has 1 N–H and O–H groups in total. The van der Waals surface area contributed by atoms with Gasteiger partial charge in [-0.15, -0.1) is 0 Å². The zero-order chi connectivity index (χ0) is 24.8. The summed E-state index contributed by atoms with van der Waals surface area (Å²) in [5.74, 6) is -11.3. The average Bonchev–Trinajstić information content (AvgIpc) is 3.10. The van der Waals surface area contributed by atoms with Crippen LogP contribution in [0.1, 0.15) is 11.3 Å². The number of pyridine rings is 1. The highest BCUT2D eigenvalue weighted by molar-refractivity contribution is 5.96. The normalized spacial score (nSPS) is 11.8. The first-order valence-corrected chi connectivity index (χ1v) is 9.61. The van der Waals surface area contributed by atoms with E-state index in [1.165, 1.54) is 6.20 Å². The molecule has 4 aromatic rings. The van der Waals surface area contributed by atoms with Crippen molar-refractivity contribution in [3.63, 3.8) is 0 Å². The Hall–Kier alpha value is -3.96. The molecular weight excluding hydrogens is 469 g/mol. The maximum absolute atomic E-state index is 14.1. The Morgan fingerprint density at radius 2 is 1.59 bits per heavy atom. The van der Waals surface area contributed by atoms with E-state index in [0.29, 0.717) is 11.1 Å². The number of nitrogens with zero attached hydrogens (tertiary/aromatic N) is 3. The second kappa shape index (κ2) is 8.43. The predicted molar refractivity (Wildman–Crippen MR) is 108 cm³/mol. The molecule has 2 aromatic heterocycles. The third-order valence-corrected chi connectivity index (χ3v) is 5.00. The number of amides is 1. The van der Waals surface area contributed by atoms with Crippen LogP contribution in [0.15, 0.2) is 42.6 Å². The van der Waals surface area contributed by atoms with E-state index in [9.17, 15) is 35.5 Å². The van der Waals surface area contributed by atoms with Gasteiger partial charge in [-0.25, -0.2) is 27.2 Å². The van der Waals surface area contributed by atoms with Crippen molar-refractivity contribution in [2.75, 3.05) is 5.32 Å². The van der Waals surface area contributed by atoms with Crippen molar-refractivity contribution in [1.29, 1.82) is 0 Å². The summed E-state index contributed by atoms with van der Waals surface area (Å²) in [6, 6.07) is 10.9. The molecule has 2 heterocycles. The quantitative estimate of drug-likeness (QED) is 0.304. The Morgan fingerprint density at radius 1 is 0.971 bits per heavy atom.